The Kier molecular flexibility index (Phi) is 4.00. The minimum absolute atomic E-state index is 0.288. The molecular formula is C13H26O. The van der Waals surface area contributed by atoms with Gasteiger partial charge in [0.25, 0.3) is 0 Å². The average molecular weight is 198 g/mol. The summed E-state index contributed by atoms with van der Waals surface area (Å²) in [5, 5.41) is 10.1. The van der Waals surface area contributed by atoms with Gasteiger partial charge in [0.15, 0.2) is 0 Å². The van der Waals surface area contributed by atoms with Crippen molar-refractivity contribution >= 4 is 0 Å². The van der Waals surface area contributed by atoms with Gasteiger partial charge in [-0.25, -0.2) is 0 Å². The van der Waals surface area contributed by atoms with Crippen LogP contribution in [0.5, 0.6) is 0 Å². The molecular weight excluding hydrogens is 172 g/mol. The molecule has 84 valence electrons. The molecule has 1 saturated carbocycles. The van der Waals surface area contributed by atoms with Gasteiger partial charge in [-0.2, -0.15) is 0 Å². The van der Waals surface area contributed by atoms with Gasteiger partial charge in [0.05, 0.1) is 5.60 Å². The molecule has 0 aromatic heterocycles. The summed E-state index contributed by atoms with van der Waals surface area (Å²) in [6, 6.07) is 0. The van der Waals surface area contributed by atoms with E-state index in [1.807, 2.05) is 0 Å². The van der Waals surface area contributed by atoms with Gasteiger partial charge in [0.2, 0.25) is 0 Å². The molecule has 0 unspecified atom stereocenters. The monoisotopic (exact) mass is 198 g/mol. The van der Waals surface area contributed by atoms with E-state index in [1.165, 1.54) is 12.8 Å². The highest BCUT2D eigenvalue weighted by atomic mass is 16.3. The van der Waals surface area contributed by atoms with Crippen LogP contribution in [0.1, 0.15) is 59.8 Å². The maximum atomic E-state index is 10.1. The zero-order valence-electron chi connectivity index (χ0n) is 10.2. The van der Waals surface area contributed by atoms with Gasteiger partial charge in [0, 0.05) is 0 Å². The number of hydrogen-bond donors (Lipinski definition) is 1. The second-order valence-electron chi connectivity index (χ2n) is 5.92. The Bertz CT molecular complexity index is 166. The lowest BCUT2D eigenvalue weighted by atomic mass is 9.64. The van der Waals surface area contributed by atoms with Gasteiger partial charge in [-0.15, -0.1) is 0 Å². The number of rotatable bonds is 5. The van der Waals surface area contributed by atoms with E-state index in [9.17, 15) is 5.11 Å². The minimum atomic E-state index is -0.288. The summed E-state index contributed by atoms with van der Waals surface area (Å²) < 4.78 is 0. The smallest absolute Gasteiger partial charge is 0.0653 e. The molecule has 0 atom stereocenters. The van der Waals surface area contributed by atoms with Crippen LogP contribution in [0.2, 0.25) is 0 Å². The third-order valence-electron chi connectivity index (χ3n) is 3.65. The molecule has 1 fully saturated rings. The third kappa shape index (κ3) is 3.27. The van der Waals surface area contributed by atoms with Crippen molar-refractivity contribution in [2.75, 3.05) is 0 Å². The SMILES string of the molecule is CC(C)CCCC1(O)CC(C(C)C)C1. The van der Waals surface area contributed by atoms with E-state index in [0.29, 0.717) is 0 Å². The lowest BCUT2D eigenvalue weighted by molar-refractivity contribution is -0.0939. The standard InChI is InChI=1S/C13H26O/c1-10(2)6-5-7-13(14)8-12(9-13)11(3)4/h10-12,14H,5-9H2,1-4H3. The van der Waals surface area contributed by atoms with Gasteiger partial charge >= 0.3 is 0 Å². The predicted octanol–water partition coefficient (Wildman–Crippen LogP) is 3.61. The molecule has 0 aromatic rings. The van der Waals surface area contributed by atoms with Crippen molar-refractivity contribution in [2.45, 2.75) is 65.4 Å². The molecule has 0 aromatic carbocycles. The van der Waals surface area contributed by atoms with Crippen LogP contribution in [0, 0.1) is 17.8 Å². The van der Waals surface area contributed by atoms with Crippen LogP contribution in [-0.2, 0) is 0 Å². The molecule has 0 bridgehead atoms. The van der Waals surface area contributed by atoms with Crippen molar-refractivity contribution in [3.63, 3.8) is 0 Å². The van der Waals surface area contributed by atoms with Crippen molar-refractivity contribution in [1.29, 1.82) is 0 Å². The van der Waals surface area contributed by atoms with Crippen molar-refractivity contribution in [2.24, 2.45) is 17.8 Å². The Morgan fingerprint density at radius 1 is 1.21 bits per heavy atom. The zero-order chi connectivity index (χ0) is 10.8. The highest BCUT2D eigenvalue weighted by Gasteiger charge is 2.42. The van der Waals surface area contributed by atoms with Gasteiger partial charge in [-0.1, -0.05) is 40.5 Å². The van der Waals surface area contributed by atoms with Crippen LogP contribution in [-0.4, -0.2) is 10.7 Å². The molecule has 1 aliphatic carbocycles. The van der Waals surface area contributed by atoms with E-state index in [2.05, 4.69) is 27.7 Å². The highest BCUT2D eigenvalue weighted by molar-refractivity contribution is 4.94. The van der Waals surface area contributed by atoms with Crippen molar-refractivity contribution in [3.05, 3.63) is 0 Å². The summed E-state index contributed by atoms with van der Waals surface area (Å²) in [4.78, 5) is 0. The summed E-state index contributed by atoms with van der Waals surface area (Å²) in [6.45, 7) is 9.03. The summed E-state index contributed by atoms with van der Waals surface area (Å²) >= 11 is 0. The molecule has 1 aliphatic rings. The molecule has 0 spiro atoms. The first kappa shape index (κ1) is 12.0. The molecule has 0 radical (unpaired) electrons. The van der Waals surface area contributed by atoms with Gasteiger partial charge in [-0.05, 0) is 37.0 Å². The largest absolute Gasteiger partial charge is 0.390 e. The quantitative estimate of drug-likeness (QED) is 0.715. The van der Waals surface area contributed by atoms with E-state index in [0.717, 1.165) is 37.0 Å². The summed E-state index contributed by atoms with van der Waals surface area (Å²) in [5.41, 5.74) is -0.288. The molecule has 1 rings (SSSR count). The Hall–Kier alpha value is -0.0400. The molecule has 1 N–H and O–H groups in total. The molecule has 14 heavy (non-hydrogen) atoms. The maximum Gasteiger partial charge on any atom is 0.0653 e. The Labute approximate surface area is 88.9 Å². The van der Waals surface area contributed by atoms with Gasteiger partial charge < -0.3 is 5.11 Å². The van der Waals surface area contributed by atoms with E-state index < -0.39 is 0 Å². The molecule has 1 heteroatoms. The van der Waals surface area contributed by atoms with Crippen LogP contribution < -0.4 is 0 Å². The maximum absolute atomic E-state index is 10.1. The van der Waals surface area contributed by atoms with Crippen molar-refractivity contribution in [1.82, 2.24) is 0 Å². The normalized spacial score (nSPS) is 32.4. The van der Waals surface area contributed by atoms with E-state index >= 15 is 0 Å². The molecule has 0 heterocycles. The van der Waals surface area contributed by atoms with Crippen LogP contribution in [0.25, 0.3) is 0 Å². The first-order valence-electron chi connectivity index (χ1n) is 6.15. The molecule has 1 nitrogen and oxygen atoms in total. The summed E-state index contributed by atoms with van der Waals surface area (Å²) in [5.74, 6) is 2.30. The van der Waals surface area contributed by atoms with Crippen LogP contribution in [0.3, 0.4) is 0 Å². The fraction of sp³-hybridized carbons (Fsp3) is 1.00. The first-order valence-corrected chi connectivity index (χ1v) is 6.15. The van der Waals surface area contributed by atoms with Gasteiger partial charge in [0.1, 0.15) is 0 Å². The van der Waals surface area contributed by atoms with E-state index in [-0.39, 0.29) is 5.60 Å². The first-order chi connectivity index (χ1) is 6.43. The van der Waals surface area contributed by atoms with E-state index in [1.54, 1.807) is 0 Å². The number of hydrogen-bond acceptors (Lipinski definition) is 1. The second kappa shape index (κ2) is 4.65. The Morgan fingerprint density at radius 2 is 1.79 bits per heavy atom. The second-order valence-corrected chi connectivity index (χ2v) is 5.92. The molecule has 0 saturated heterocycles. The average Bonchev–Trinajstić information content (AvgIpc) is 1.98. The molecule has 0 amide bonds. The predicted molar refractivity (Wildman–Crippen MR) is 61.2 cm³/mol. The van der Waals surface area contributed by atoms with Crippen molar-refractivity contribution in [3.8, 4) is 0 Å². The minimum Gasteiger partial charge on any atom is -0.390 e. The topological polar surface area (TPSA) is 20.2 Å². The highest BCUT2D eigenvalue weighted by Crippen LogP contribution is 2.44. The van der Waals surface area contributed by atoms with Crippen molar-refractivity contribution < 1.29 is 5.11 Å². The lowest BCUT2D eigenvalue weighted by Gasteiger charge is -2.46. The van der Waals surface area contributed by atoms with E-state index in [4.69, 9.17) is 0 Å². The fourth-order valence-corrected chi connectivity index (χ4v) is 2.43. The Morgan fingerprint density at radius 3 is 2.21 bits per heavy atom. The number of aliphatic hydroxyl groups is 1. The van der Waals surface area contributed by atoms with Crippen LogP contribution >= 0.6 is 0 Å². The third-order valence-corrected chi connectivity index (χ3v) is 3.65. The molecule has 0 aliphatic heterocycles. The summed E-state index contributed by atoms with van der Waals surface area (Å²) in [6.07, 6.45) is 5.56. The Balaban J connectivity index is 2.14. The van der Waals surface area contributed by atoms with Gasteiger partial charge in [-0.3, -0.25) is 0 Å². The zero-order valence-corrected chi connectivity index (χ0v) is 10.2. The van der Waals surface area contributed by atoms with Crippen LogP contribution in [0.15, 0.2) is 0 Å². The fourth-order valence-electron chi connectivity index (χ4n) is 2.43. The van der Waals surface area contributed by atoms with Crippen LogP contribution in [0.4, 0.5) is 0 Å². The lowest BCUT2D eigenvalue weighted by Crippen LogP contribution is -2.45. The summed E-state index contributed by atoms with van der Waals surface area (Å²) in [7, 11) is 0.